The number of unbranched alkanes of at least 4 members (excludes halogenated alkanes) is 1. The Morgan fingerprint density at radius 2 is 1.76 bits per heavy atom. The second kappa shape index (κ2) is 13.7. The Balaban J connectivity index is 1.29. The first-order valence-electron chi connectivity index (χ1n) is 14.7. The van der Waals surface area contributed by atoms with Crippen LogP contribution in [0.5, 0.6) is 11.5 Å². The number of aryl methyl sites for hydroxylation is 2. The molecule has 1 heterocycles. The van der Waals surface area contributed by atoms with Gasteiger partial charge in [0.15, 0.2) is 0 Å². The van der Waals surface area contributed by atoms with Crippen LogP contribution in [-0.4, -0.2) is 46.7 Å². The number of rotatable bonds is 13. The molecule has 216 valence electrons. The summed E-state index contributed by atoms with van der Waals surface area (Å²) in [5.74, 6) is -0.254. The Hall–Kier alpha value is -3.84. The minimum absolute atomic E-state index is 0.0648. The van der Waals surface area contributed by atoms with Crippen LogP contribution >= 0.6 is 0 Å². The molecule has 0 saturated carbocycles. The van der Waals surface area contributed by atoms with Crippen LogP contribution in [0.4, 0.5) is 0 Å². The van der Waals surface area contributed by atoms with Crippen molar-refractivity contribution in [3.63, 3.8) is 0 Å². The van der Waals surface area contributed by atoms with Crippen molar-refractivity contribution in [2.45, 2.75) is 70.4 Å². The molecule has 1 unspecified atom stereocenters. The summed E-state index contributed by atoms with van der Waals surface area (Å²) in [7, 11) is 0. The van der Waals surface area contributed by atoms with E-state index in [0.29, 0.717) is 25.4 Å². The minimum atomic E-state index is -0.976. The highest BCUT2D eigenvalue weighted by Crippen LogP contribution is 2.37. The number of aromatic carboxylic acids is 1. The van der Waals surface area contributed by atoms with Crippen molar-refractivity contribution < 1.29 is 29.3 Å². The fourth-order valence-corrected chi connectivity index (χ4v) is 6.05. The van der Waals surface area contributed by atoms with Crippen molar-refractivity contribution >= 4 is 11.9 Å². The molecular formula is C34H39NO6. The number of aliphatic carboxylic acids is 1. The lowest BCUT2D eigenvalue weighted by Crippen LogP contribution is -2.35. The summed E-state index contributed by atoms with van der Waals surface area (Å²) in [6.45, 7) is 2.54. The van der Waals surface area contributed by atoms with Gasteiger partial charge in [0.2, 0.25) is 0 Å². The highest BCUT2D eigenvalue weighted by atomic mass is 16.5. The second-order valence-electron chi connectivity index (χ2n) is 11.1. The van der Waals surface area contributed by atoms with Gasteiger partial charge >= 0.3 is 11.9 Å². The van der Waals surface area contributed by atoms with Gasteiger partial charge in [0.25, 0.3) is 0 Å². The second-order valence-corrected chi connectivity index (χ2v) is 11.1. The average Bonchev–Trinajstić information content (AvgIpc) is 2.99. The van der Waals surface area contributed by atoms with Gasteiger partial charge in [-0.25, -0.2) is 4.79 Å². The molecule has 1 atom stereocenters. The summed E-state index contributed by atoms with van der Waals surface area (Å²) in [5.41, 5.74) is 6.45. The molecule has 0 aromatic heterocycles. The monoisotopic (exact) mass is 557 g/mol. The summed E-state index contributed by atoms with van der Waals surface area (Å²) in [4.78, 5) is 25.0. The molecule has 2 N–H and O–H groups in total. The van der Waals surface area contributed by atoms with Gasteiger partial charge in [0.1, 0.15) is 18.1 Å². The quantitative estimate of drug-likeness (QED) is 0.233. The first kappa shape index (κ1) is 28.7. The maximum Gasteiger partial charge on any atom is 0.335 e. The van der Waals surface area contributed by atoms with E-state index in [1.165, 1.54) is 36.0 Å². The van der Waals surface area contributed by atoms with E-state index in [2.05, 4.69) is 29.2 Å². The first-order valence-corrected chi connectivity index (χ1v) is 14.7. The Labute approximate surface area is 241 Å². The number of nitrogens with zero attached hydrogens (tertiary/aromatic N) is 1. The van der Waals surface area contributed by atoms with E-state index in [-0.39, 0.29) is 18.0 Å². The van der Waals surface area contributed by atoms with Crippen LogP contribution in [0.15, 0.2) is 60.7 Å². The predicted molar refractivity (Wildman–Crippen MR) is 157 cm³/mol. The maximum absolute atomic E-state index is 11.5. The summed E-state index contributed by atoms with van der Waals surface area (Å²) in [6, 6.07) is 20.1. The molecule has 5 rings (SSSR count). The zero-order valence-electron chi connectivity index (χ0n) is 23.5. The average molecular weight is 558 g/mol. The van der Waals surface area contributed by atoms with Crippen molar-refractivity contribution in [2.24, 2.45) is 0 Å². The molecule has 41 heavy (non-hydrogen) atoms. The summed E-state index contributed by atoms with van der Waals surface area (Å²) < 4.78 is 12.2. The van der Waals surface area contributed by atoms with Crippen LogP contribution < -0.4 is 9.47 Å². The number of carbonyl (C=O) groups is 2. The van der Waals surface area contributed by atoms with Crippen LogP contribution in [0, 0.1) is 0 Å². The van der Waals surface area contributed by atoms with E-state index in [4.69, 9.17) is 14.6 Å². The number of ether oxygens (including phenoxy) is 2. The van der Waals surface area contributed by atoms with E-state index < -0.39 is 11.9 Å². The molecule has 0 amide bonds. The Morgan fingerprint density at radius 3 is 2.59 bits per heavy atom. The first-order chi connectivity index (χ1) is 20.0. The van der Waals surface area contributed by atoms with E-state index in [0.717, 1.165) is 55.6 Å². The number of fused-ring (bicyclic) bond motifs is 2. The zero-order chi connectivity index (χ0) is 28.6. The number of hydrogen-bond donors (Lipinski definition) is 2. The normalized spacial score (nSPS) is 16.0. The van der Waals surface area contributed by atoms with Gasteiger partial charge in [-0.2, -0.15) is 0 Å². The highest BCUT2D eigenvalue weighted by molar-refractivity contribution is 5.88. The molecule has 1 aliphatic heterocycles. The molecule has 1 aliphatic carbocycles. The summed E-state index contributed by atoms with van der Waals surface area (Å²) in [5, 5.41) is 18.5. The van der Waals surface area contributed by atoms with Crippen molar-refractivity contribution in [1.29, 1.82) is 0 Å². The van der Waals surface area contributed by atoms with E-state index in [1.807, 2.05) is 24.3 Å². The van der Waals surface area contributed by atoms with Gasteiger partial charge in [-0.1, -0.05) is 42.5 Å². The number of para-hydroxylation sites is 1. The smallest absolute Gasteiger partial charge is 0.335 e. The zero-order valence-corrected chi connectivity index (χ0v) is 23.5. The topological polar surface area (TPSA) is 96.3 Å². The van der Waals surface area contributed by atoms with Gasteiger partial charge in [-0.05, 0) is 91.9 Å². The standard InChI is InChI=1S/C34H39NO6/c36-33(37)11-5-6-18-35(30-17-20-40-32-22-28(34(38)39)14-15-29(30)32)19-16-26-8-3-4-10-31(26)41-23-24-12-13-25-7-1-2-9-27(25)21-24/h3-4,8,10,12-15,21-22,30H,1-2,5-7,9,11,16-20,23H2,(H,36,37)(H,38,39). The van der Waals surface area contributed by atoms with Gasteiger partial charge in [0, 0.05) is 31.0 Å². The van der Waals surface area contributed by atoms with Crippen LogP contribution in [-0.2, 0) is 30.7 Å². The Bertz CT molecular complexity index is 1370. The molecule has 0 fully saturated rings. The van der Waals surface area contributed by atoms with Crippen molar-refractivity contribution in [3.05, 3.63) is 94.0 Å². The van der Waals surface area contributed by atoms with Gasteiger partial charge < -0.3 is 19.7 Å². The lowest BCUT2D eigenvalue weighted by atomic mass is 9.90. The van der Waals surface area contributed by atoms with E-state index >= 15 is 0 Å². The fraction of sp³-hybridized carbons (Fsp3) is 0.412. The van der Waals surface area contributed by atoms with E-state index in [9.17, 15) is 14.7 Å². The van der Waals surface area contributed by atoms with E-state index in [1.54, 1.807) is 12.1 Å². The number of carboxylic acid groups (broad SMARTS) is 2. The number of hydrogen-bond acceptors (Lipinski definition) is 5. The molecule has 0 radical (unpaired) electrons. The predicted octanol–water partition coefficient (Wildman–Crippen LogP) is 6.47. The largest absolute Gasteiger partial charge is 0.493 e. The van der Waals surface area contributed by atoms with Gasteiger partial charge in [-0.15, -0.1) is 0 Å². The highest BCUT2D eigenvalue weighted by Gasteiger charge is 2.28. The van der Waals surface area contributed by atoms with Crippen LogP contribution in [0.2, 0.25) is 0 Å². The Morgan fingerprint density at radius 1 is 0.927 bits per heavy atom. The van der Waals surface area contributed by atoms with Crippen LogP contribution in [0.1, 0.15) is 82.7 Å². The molecule has 3 aromatic carbocycles. The molecular weight excluding hydrogens is 518 g/mol. The molecule has 3 aromatic rings. The van der Waals surface area contributed by atoms with Crippen molar-refractivity contribution in [2.75, 3.05) is 19.7 Å². The molecule has 0 bridgehead atoms. The van der Waals surface area contributed by atoms with Crippen molar-refractivity contribution in [1.82, 2.24) is 4.90 Å². The molecule has 7 heteroatoms. The molecule has 2 aliphatic rings. The SMILES string of the molecule is O=C(O)CCCCN(CCc1ccccc1OCc1ccc2c(c1)CCCC2)C1CCOc2cc(C(=O)O)ccc21. The third-order valence-corrected chi connectivity index (χ3v) is 8.24. The molecule has 7 nitrogen and oxygen atoms in total. The van der Waals surface area contributed by atoms with Gasteiger partial charge in [-0.3, -0.25) is 9.69 Å². The van der Waals surface area contributed by atoms with Crippen LogP contribution in [0.3, 0.4) is 0 Å². The fourth-order valence-electron chi connectivity index (χ4n) is 6.05. The lowest BCUT2D eigenvalue weighted by molar-refractivity contribution is -0.137. The third kappa shape index (κ3) is 7.47. The maximum atomic E-state index is 11.5. The van der Waals surface area contributed by atoms with Crippen LogP contribution in [0.25, 0.3) is 0 Å². The molecule has 0 saturated heterocycles. The third-order valence-electron chi connectivity index (χ3n) is 8.24. The summed E-state index contributed by atoms with van der Waals surface area (Å²) >= 11 is 0. The minimum Gasteiger partial charge on any atom is -0.493 e. The number of benzene rings is 3. The number of carboxylic acids is 2. The molecule has 0 spiro atoms. The lowest BCUT2D eigenvalue weighted by Gasteiger charge is -2.36. The van der Waals surface area contributed by atoms with Gasteiger partial charge in [0.05, 0.1) is 12.2 Å². The van der Waals surface area contributed by atoms with Crippen molar-refractivity contribution in [3.8, 4) is 11.5 Å². The summed E-state index contributed by atoms with van der Waals surface area (Å²) in [6.07, 6.45) is 7.94. The Kier molecular flexibility index (Phi) is 9.57.